The highest BCUT2D eigenvalue weighted by Gasteiger charge is 2.11. The van der Waals surface area contributed by atoms with Crippen LogP contribution in [0.1, 0.15) is 32.8 Å². The number of hydrogen-bond donors (Lipinski definition) is 1. The largest absolute Gasteiger partial charge is 0.490 e. The Labute approximate surface area is 128 Å². The zero-order valence-electron chi connectivity index (χ0n) is 12.4. The van der Waals surface area contributed by atoms with E-state index in [-0.39, 0.29) is 19.0 Å². The highest BCUT2D eigenvalue weighted by Crippen LogP contribution is 2.31. The first-order valence-electron chi connectivity index (χ1n) is 6.77. The number of rotatable bonds is 8. The predicted molar refractivity (Wildman–Crippen MR) is 85.8 cm³/mol. The van der Waals surface area contributed by atoms with Gasteiger partial charge in [0.15, 0.2) is 11.5 Å². The standard InChI is InChI=1S/C16H23NO2.ClH/c1-5-11-19-16-14(12-17-13(4)6-2)9-8-10-15(16)18-7-3;/h1,8-10,13,17H,6-7,11-12H2,2-4H3;1H. The number of terminal acetylenes is 1. The van der Waals surface area contributed by atoms with Crippen LogP contribution in [-0.4, -0.2) is 19.3 Å². The smallest absolute Gasteiger partial charge is 0.167 e. The zero-order chi connectivity index (χ0) is 14.1. The third-order valence-electron chi connectivity index (χ3n) is 2.91. The Hall–Kier alpha value is -1.37. The van der Waals surface area contributed by atoms with E-state index in [2.05, 4.69) is 25.1 Å². The van der Waals surface area contributed by atoms with Gasteiger partial charge in [-0.15, -0.1) is 18.8 Å². The Kier molecular flexibility index (Phi) is 9.71. The number of para-hydroxylation sites is 1. The molecule has 0 saturated heterocycles. The first-order valence-corrected chi connectivity index (χ1v) is 6.77. The van der Waals surface area contributed by atoms with E-state index in [4.69, 9.17) is 15.9 Å². The van der Waals surface area contributed by atoms with E-state index >= 15 is 0 Å². The van der Waals surface area contributed by atoms with Crippen LogP contribution in [0.15, 0.2) is 18.2 Å². The van der Waals surface area contributed by atoms with E-state index in [0.717, 1.165) is 30.0 Å². The summed E-state index contributed by atoms with van der Waals surface area (Å²) in [5, 5.41) is 3.45. The fraction of sp³-hybridized carbons (Fsp3) is 0.500. The van der Waals surface area contributed by atoms with Crippen molar-refractivity contribution in [1.29, 1.82) is 0 Å². The molecule has 1 unspecified atom stereocenters. The molecule has 4 heteroatoms. The van der Waals surface area contributed by atoms with E-state index in [9.17, 15) is 0 Å². The molecule has 0 aliphatic rings. The van der Waals surface area contributed by atoms with Crippen molar-refractivity contribution < 1.29 is 9.47 Å². The predicted octanol–water partition coefficient (Wildman–Crippen LogP) is 3.41. The normalized spacial score (nSPS) is 11.1. The lowest BCUT2D eigenvalue weighted by molar-refractivity contribution is 0.296. The average Bonchev–Trinajstić information content (AvgIpc) is 2.43. The van der Waals surface area contributed by atoms with Crippen LogP contribution in [0.25, 0.3) is 0 Å². The van der Waals surface area contributed by atoms with E-state index < -0.39 is 0 Å². The van der Waals surface area contributed by atoms with E-state index in [1.807, 2.05) is 25.1 Å². The van der Waals surface area contributed by atoms with Crippen LogP contribution in [0.5, 0.6) is 11.5 Å². The van der Waals surface area contributed by atoms with E-state index in [1.54, 1.807) is 0 Å². The summed E-state index contributed by atoms with van der Waals surface area (Å²) in [6.07, 6.45) is 6.35. The number of halogens is 1. The van der Waals surface area contributed by atoms with Crippen LogP contribution in [0.4, 0.5) is 0 Å². The molecule has 0 amide bonds. The van der Waals surface area contributed by atoms with Crippen LogP contribution in [0.3, 0.4) is 0 Å². The van der Waals surface area contributed by atoms with Crippen LogP contribution in [0.2, 0.25) is 0 Å². The zero-order valence-corrected chi connectivity index (χ0v) is 13.3. The second-order valence-corrected chi connectivity index (χ2v) is 4.36. The Balaban J connectivity index is 0.00000361. The molecule has 0 bridgehead atoms. The molecule has 0 fully saturated rings. The van der Waals surface area contributed by atoms with Gasteiger partial charge in [-0.3, -0.25) is 0 Å². The number of ether oxygens (including phenoxy) is 2. The van der Waals surface area contributed by atoms with Crippen molar-refractivity contribution in [1.82, 2.24) is 5.32 Å². The Morgan fingerprint density at radius 3 is 2.65 bits per heavy atom. The molecule has 1 aromatic rings. The fourth-order valence-electron chi connectivity index (χ4n) is 1.68. The summed E-state index contributed by atoms with van der Waals surface area (Å²) < 4.78 is 11.2. The van der Waals surface area contributed by atoms with Gasteiger partial charge in [0.2, 0.25) is 0 Å². The summed E-state index contributed by atoms with van der Waals surface area (Å²) in [5.41, 5.74) is 1.07. The molecule has 0 saturated carbocycles. The number of benzene rings is 1. The summed E-state index contributed by atoms with van der Waals surface area (Å²) in [6, 6.07) is 6.38. The highest BCUT2D eigenvalue weighted by molar-refractivity contribution is 5.85. The quantitative estimate of drug-likeness (QED) is 0.746. The Morgan fingerprint density at radius 2 is 2.05 bits per heavy atom. The van der Waals surface area contributed by atoms with Gasteiger partial charge < -0.3 is 14.8 Å². The molecule has 1 aromatic carbocycles. The molecule has 0 aromatic heterocycles. The molecule has 1 N–H and O–H groups in total. The number of hydrogen-bond acceptors (Lipinski definition) is 3. The molecule has 0 spiro atoms. The minimum atomic E-state index is 0. The lowest BCUT2D eigenvalue weighted by Gasteiger charge is -2.17. The summed E-state index contributed by atoms with van der Waals surface area (Å²) in [4.78, 5) is 0. The maximum absolute atomic E-state index is 5.63. The minimum absolute atomic E-state index is 0. The maximum atomic E-state index is 5.63. The van der Waals surface area contributed by atoms with Crippen molar-refractivity contribution in [3.05, 3.63) is 23.8 Å². The molecular weight excluding hydrogens is 274 g/mol. The summed E-state index contributed by atoms with van der Waals surface area (Å²) in [5.74, 6) is 3.99. The van der Waals surface area contributed by atoms with Gasteiger partial charge in [0.1, 0.15) is 6.61 Å². The van der Waals surface area contributed by atoms with Crippen molar-refractivity contribution in [2.75, 3.05) is 13.2 Å². The SMILES string of the molecule is C#CCOc1c(CNC(C)CC)cccc1OCC.Cl. The van der Waals surface area contributed by atoms with E-state index in [0.29, 0.717) is 12.6 Å². The first-order chi connectivity index (χ1) is 9.22. The Bertz CT molecular complexity index is 429. The van der Waals surface area contributed by atoms with Gasteiger partial charge in [-0.05, 0) is 26.3 Å². The first kappa shape index (κ1) is 18.6. The maximum Gasteiger partial charge on any atom is 0.167 e. The molecule has 0 aliphatic carbocycles. The summed E-state index contributed by atoms with van der Waals surface area (Å²) >= 11 is 0. The topological polar surface area (TPSA) is 30.5 Å². The van der Waals surface area contributed by atoms with Gasteiger partial charge in [-0.2, -0.15) is 0 Å². The molecule has 0 radical (unpaired) electrons. The lowest BCUT2D eigenvalue weighted by Crippen LogP contribution is -2.24. The fourth-order valence-corrected chi connectivity index (χ4v) is 1.68. The summed E-state index contributed by atoms with van der Waals surface area (Å²) in [6.45, 7) is 7.87. The van der Waals surface area contributed by atoms with Crippen LogP contribution < -0.4 is 14.8 Å². The van der Waals surface area contributed by atoms with Gasteiger partial charge in [0.25, 0.3) is 0 Å². The van der Waals surface area contributed by atoms with Crippen molar-refractivity contribution >= 4 is 12.4 Å². The molecule has 0 heterocycles. The van der Waals surface area contributed by atoms with Crippen LogP contribution in [0, 0.1) is 12.3 Å². The van der Waals surface area contributed by atoms with Gasteiger partial charge in [-0.25, -0.2) is 0 Å². The number of nitrogens with one attached hydrogen (secondary N) is 1. The van der Waals surface area contributed by atoms with Crippen molar-refractivity contribution in [2.45, 2.75) is 39.8 Å². The van der Waals surface area contributed by atoms with Gasteiger partial charge in [-0.1, -0.05) is 25.0 Å². The third kappa shape index (κ3) is 5.73. The molecule has 1 rings (SSSR count). The second kappa shape index (κ2) is 10.4. The monoisotopic (exact) mass is 297 g/mol. The van der Waals surface area contributed by atoms with Crippen LogP contribution >= 0.6 is 12.4 Å². The molecule has 1 atom stereocenters. The van der Waals surface area contributed by atoms with Crippen LogP contribution in [-0.2, 0) is 6.54 Å². The lowest BCUT2D eigenvalue weighted by atomic mass is 10.1. The van der Waals surface area contributed by atoms with Crippen molar-refractivity contribution in [3.8, 4) is 23.8 Å². The highest BCUT2D eigenvalue weighted by atomic mass is 35.5. The Morgan fingerprint density at radius 1 is 1.30 bits per heavy atom. The molecule has 3 nitrogen and oxygen atoms in total. The van der Waals surface area contributed by atoms with Gasteiger partial charge in [0.05, 0.1) is 6.61 Å². The van der Waals surface area contributed by atoms with Gasteiger partial charge in [0, 0.05) is 18.2 Å². The summed E-state index contributed by atoms with van der Waals surface area (Å²) in [7, 11) is 0. The third-order valence-corrected chi connectivity index (χ3v) is 2.91. The minimum Gasteiger partial charge on any atom is -0.490 e. The van der Waals surface area contributed by atoms with Crippen molar-refractivity contribution in [2.24, 2.45) is 0 Å². The average molecular weight is 298 g/mol. The van der Waals surface area contributed by atoms with Gasteiger partial charge >= 0.3 is 0 Å². The van der Waals surface area contributed by atoms with Crippen molar-refractivity contribution in [3.63, 3.8) is 0 Å². The molecular formula is C16H24ClNO2. The molecule has 20 heavy (non-hydrogen) atoms. The second-order valence-electron chi connectivity index (χ2n) is 4.36. The molecule has 112 valence electrons. The molecule has 0 aliphatic heterocycles. The van der Waals surface area contributed by atoms with E-state index in [1.165, 1.54) is 0 Å².